The Bertz CT molecular complexity index is 957. The Kier molecular flexibility index (Phi) is 3.04. The summed E-state index contributed by atoms with van der Waals surface area (Å²) in [6, 6.07) is 34.0. The molecular formula is C23H18N2. The third kappa shape index (κ3) is 2.11. The summed E-state index contributed by atoms with van der Waals surface area (Å²) in [4.78, 5) is 0. The van der Waals surface area contributed by atoms with Crippen molar-refractivity contribution in [3.63, 3.8) is 0 Å². The van der Waals surface area contributed by atoms with Crippen molar-refractivity contribution >= 4 is 22.1 Å². The van der Waals surface area contributed by atoms with Crippen molar-refractivity contribution in [3.8, 4) is 0 Å². The molecule has 0 atom stereocenters. The van der Waals surface area contributed by atoms with Crippen LogP contribution in [0.15, 0.2) is 97.1 Å². The molecule has 0 amide bonds. The molecule has 2 N–H and O–H groups in total. The molecule has 0 aromatic heterocycles. The molecule has 0 bridgehead atoms. The number of hydrogen-bond acceptors (Lipinski definition) is 2. The van der Waals surface area contributed by atoms with Crippen molar-refractivity contribution in [2.24, 2.45) is 0 Å². The van der Waals surface area contributed by atoms with E-state index in [1.54, 1.807) is 0 Å². The van der Waals surface area contributed by atoms with Gasteiger partial charge >= 0.3 is 0 Å². The summed E-state index contributed by atoms with van der Waals surface area (Å²) in [7, 11) is 0. The maximum atomic E-state index is 3.80. The Labute approximate surface area is 147 Å². The fourth-order valence-corrected chi connectivity index (χ4v) is 3.82. The summed E-state index contributed by atoms with van der Waals surface area (Å²) >= 11 is 0. The second-order valence-electron chi connectivity index (χ2n) is 6.44. The molecule has 25 heavy (non-hydrogen) atoms. The molecule has 0 fully saturated rings. The maximum Gasteiger partial charge on any atom is 0.161 e. The largest absolute Gasteiger partial charge is 0.355 e. The number of hydrogen-bond donors (Lipinski definition) is 2. The minimum Gasteiger partial charge on any atom is -0.355 e. The van der Waals surface area contributed by atoms with Crippen LogP contribution in [0.25, 0.3) is 10.8 Å². The minimum absolute atomic E-state index is 0.495. The van der Waals surface area contributed by atoms with Gasteiger partial charge in [0.1, 0.15) is 0 Å². The highest BCUT2D eigenvalue weighted by Crippen LogP contribution is 2.44. The number of anilines is 2. The van der Waals surface area contributed by atoms with Gasteiger partial charge < -0.3 is 10.6 Å². The van der Waals surface area contributed by atoms with Gasteiger partial charge in [-0.3, -0.25) is 0 Å². The Balaban J connectivity index is 1.79. The smallest absolute Gasteiger partial charge is 0.161 e. The third-order valence-corrected chi connectivity index (χ3v) is 4.96. The summed E-state index contributed by atoms with van der Waals surface area (Å²) < 4.78 is 0. The lowest BCUT2D eigenvalue weighted by atomic mass is 9.87. The normalized spacial score (nSPS) is 14.6. The van der Waals surface area contributed by atoms with E-state index in [0.717, 1.165) is 11.4 Å². The molecule has 1 aliphatic heterocycles. The predicted octanol–water partition coefficient (Wildman–Crippen LogP) is 5.58. The number of nitrogens with one attached hydrogen (secondary N) is 2. The van der Waals surface area contributed by atoms with E-state index < -0.39 is 5.66 Å². The van der Waals surface area contributed by atoms with Gasteiger partial charge in [0.15, 0.2) is 5.66 Å². The molecule has 5 rings (SSSR count). The van der Waals surface area contributed by atoms with E-state index in [1.807, 2.05) is 0 Å². The highest BCUT2D eigenvalue weighted by atomic mass is 15.2. The molecule has 1 heterocycles. The number of rotatable bonds is 2. The first-order valence-electron chi connectivity index (χ1n) is 8.56. The molecule has 2 nitrogen and oxygen atoms in total. The third-order valence-electron chi connectivity index (χ3n) is 4.96. The van der Waals surface area contributed by atoms with Gasteiger partial charge in [0.25, 0.3) is 0 Å². The number of benzene rings is 4. The summed E-state index contributed by atoms with van der Waals surface area (Å²) in [5.41, 5.74) is 4.19. The topological polar surface area (TPSA) is 24.1 Å². The van der Waals surface area contributed by atoms with Crippen LogP contribution < -0.4 is 10.6 Å². The van der Waals surface area contributed by atoms with Gasteiger partial charge in [0.2, 0.25) is 0 Å². The highest BCUT2D eigenvalue weighted by molar-refractivity contribution is 6.05. The van der Waals surface area contributed by atoms with E-state index in [1.165, 1.54) is 21.9 Å². The molecule has 0 saturated carbocycles. The summed E-state index contributed by atoms with van der Waals surface area (Å²) in [6.45, 7) is 0. The van der Waals surface area contributed by atoms with Crippen LogP contribution in [0.2, 0.25) is 0 Å². The first-order chi connectivity index (χ1) is 12.4. The highest BCUT2D eigenvalue weighted by Gasteiger charge is 2.37. The van der Waals surface area contributed by atoms with Crippen molar-refractivity contribution in [2.45, 2.75) is 5.66 Å². The molecule has 0 spiro atoms. The van der Waals surface area contributed by atoms with Gasteiger partial charge in [0, 0.05) is 27.9 Å². The van der Waals surface area contributed by atoms with Crippen molar-refractivity contribution in [2.75, 3.05) is 10.6 Å². The van der Waals surface area contributed by atoms with Gasteiger partial charge in [-0.15, -0.1) is 0 Å². The molecule has 0 radical (unpaired) electrons. The van der Waals surface area contributed by atoms with Crippen molar-refractivity contribution in [1.29, 1.82) is 0 Å². The van der Waals surface area contributed by atoms with Gasteiger partial charge in [0.05, 0.1) is 0 Å². The lowest BCUT2D eigenvalue weighted by molar-refractivity contribution is 0.676. The van der Waals surface area contributed by atoms with Gasteiger partial charge in [-0.1, -0.05) is 84.9 Å². The zero-order chi connectivity index (χ0) is 16.7. The molecule has 0 aliphatic carbocycles. The van der Waals surface area contributed by atoms with E-state index in [4.69, 9.17) is 0 Å². The fraction of sp³-hybridized carbons (Fsp3) is 0.0435. The quantitative estimate of drug-likeness (QED) is 0.503. The standard InChI is InChI=1S/C23H18N2/c1-3-11-18(12-4-1)23(19-13-5-2-6-14-19)24-20-15-7-9-17-10-8-16-21(25-23)22(17)20/h1-16,24-25H. The minimum atomic E-state index is -0.495. The van der Waals surface area contributed by atoms with E-state index in [-0.39, 0.29) is 0 Å². The zero-order valence-electron chi connectivity index (χ0n) is 13.7. The monoisotopic (exact) mass is 322 g/mol. The fourth-order valence-electron chi connectivity index (χ4n) is 3.82. The Hall–Kier alpha value is -3.26. The van der Waals surface area contributed by atoms with E-state index in [0.29, 0.717) is 0 Å². The van der Waals surface area contributed by atoms with Crippen LogP contribution in [0.1, 0.15) is 11.1 Å². The molecule has 120 valence electrons. The van der Waals surface area contributed by atoms with Crippen LogP contribution in [0.5, 0.6) is 0 Å². The Morgan fingerprint density at radius 1 is 0.480 bits per heavy atom. The van der Waals surface area contributed by atoms with Crippen molar-refractivity contribution in [1.82, 2.24) is 0 Å². The van der Waals surface area contributed by atoms with E-state index >= 15 is 0 Å². The molecule has 4 aromatic carbocycles. The van der Waals surface area contributed by atoms with Crippen LogP contribution in [0, 0.1) is 0 Å². The first-order valence-corrected chi connectivity index (χ1v) is 8.56. The van der Waals surface area contributed by atoms with Gasteiger partial charge in [-0.2, -0.15) is 0 Å². The van der Waals surface area contributed by atoms with Crippen molar-refractivity contribution < 1.29 is 0 Å². The van der Waals surface area contributed by atoms with Crippen LogP contribution >= 0.6 is 0 Å². The molecule has 0 unspecified atom stereocenters. The average molecular weight is 322 g/mol. The molecular weight excluding hydrogens is 304 g/mol. The Morgan fingerprint density at radius 2 is 0.960 bits per heavy atom. The molecule has 1 aliphatic rings. The van der Waals surface area contributed by atoms with Crippen LogP contribution in [0.4, 0.5) is 11.4 Å². The van der Waals surface area contributed by atoms with Crippen LogP contribution in [-0.2, 0) is 5.66 Å². The van der Waals surface area contributed by atoms with E-state index in [2.05, 4.69) is 108 Å². The second-order valence-corrected chi connectivity index (χ2v) is 6.44. The SMILES string of the molecule is c1ccc(C2(c3ccccc3)Nc3cccc4cccc(c34)N2)cc1. The van der Waals surface area contributed by atoms with E-state index in [9.17, 15) is 0 Å². The molecule has 0 saturated heterocycles. The average Bonchev–Trinajstić information content (AvgIpc) is 2.69. The maximum absolute atomic E-state index is 3.80. The summed E-state index contributed by atoms with van der Waals surface area (Å²) in [5.74, 6) is 0. The lowest BCUT2D eigenvalue weighted by Crippen LogP contribution is -2.46. The lowest BCUT2D eigenvalue weighted by Gasteiger charge is -2.42. The van der Waals surface area contributed by atoms with Gasteiger partial charge in [-0.05, 0) is 17.5 Å². The van der Waals surface area contributed by atoms with Crippen LogP contribution in [0.3, 0.4) is 0 Å². The zero-order valence-corrected chi connectivity index (χ0v) is 13.7. The van der Waals surface area contributed by atoms with Crippen molar-refractivity contribution in [3.05, 3.63) is 108 Å². The molecule has 4 aromatic rings. The second kappa shape index (κ2) is 5.38. The summed E-state index contributed by atoms with van der Waals surface area (Å²) in [6.07, 6.45) is 0. The Morgan fingerprint density at radius 3 is 1.44 bits per heavy atom. The van der Waals surface area contributed by atoms with Gasteiger partial charge in [-0.25, -0.2) is 0 Å². The predicted molar refractivity (Wildman–Crippen MR) is 105 cm³/mol. The first kappa shape index (κ1) is 14.1. The molecule has 2 heteroatoms. The van der Waals surface area contributed by atoms with Crippen LogP contribution in [-0.4, -0.2) is 0 Å². The summed E-state index contributed by atoms with van der Waals surface area (Å²) in [5, 5.41) is 10.1.